The van der Waals surface area contributed by atoms with E-state index in [1.54, 1.807) is 48.0 Å². The largest absolute Gasteiger partial charge is 0.493 e. The molecule has 2 aromatic carbocycles. The van der Waals surface area contributed by atoms with Crippen molar-refractivity contribution < 1.29 is 42.7 Å². The minimum Gasteiger partial charge on any atom is -0.493 e. The van der Waals surface area contributed by atoms with E-state index in [1.807, 2.05) is 13.8 Å². The topological polar surface area (TPSA) is 153 Å². The molecule has 54 heavy (non-hydrogen) atoms. The van der Waals surface area contributed by atoms with Gasteiger partial charge < -0.3 is 43.8 Å². The fourth-order valence-electron chi connectivity index (χ4n) is 8.73. The lowest BCUT2D eigenvalue weighted by Gasteiger charge is -2.57. The van der Waals surface area contributed by atoms with Crippen molar-refractivity contribution in [3.05, 3.63) is 52.1 Å². The fourth-order valence-corrected chi connectivity index (χ4v) is 8.73. The van der Waals surface area contributed by atoms with E-state index < -0.39 is 35.7 Å². The van der Waals surface area contributed by atoms with Gasteiger partial charge in [0, 0.05) is 48.0 Å². The summed E-state index contributed by atoms with van der Waals surface area (Å²) in [4.78, 5) is 30.9. The second kappa shape index (κ2) is 15.6. The average Bonchev–Trinajstić information content (AvgIpc) is 3.58. The van der Waals surface area contributed by atoms with E-state index in [-0.39, 0.29) is 44.9 Å². The van der Waals surface area contributed by atoms with Crippen molar-refractivity contribution in [1.29, 1.82) is 5.26 Å². The maximum atomic E-state index is 13.7. The molecule has 0 aliphatic carbocycles. The van der Waals surface area contributed by atoms with Crippen molar-refractivity contribution in [3.63, 3.8) is 0 Å². The molecule has 14 nitrogen and oxygen atoms in total. The van der Waals surface area contributed by atoms with Crippen LogP contribution in [0.5, 0.6) is 28.7 Å². The second-order valence-electron chi connectivity index (χ2n) is 15.3. The summed E-state index contributed by atoms with van der Waals surface area (Å²) in [5, 5.41) is 16.8. The average molecular weight is 748 g/mol. The van der Waals surface area contributed by atoms with Crippen LogP contribution in [0.2, 0.25) is 0 Å². The van der Waals surface area contributed by atoms with Crippen LogP contribution in [0.1, 0.15) is 79.6 Å². The number of rotatable bonds is 11. The zero-order valence-corrected chi connectivity index (χ0v) is 32.8. The second-order valence-corrected chi connectivity index (χ2v) is 15.3. The molecular formula is C40H53N5O9. The smallest absolute Gasteiger partial charge is 0.408 e. The zero-order chi connectivity index (χ0) is 39.1. The molecule has 0 radical (unpaired) electrons. The van der Waals surface area contributed by atoms with Gasteiger partial charge in [0.05, 0.1) is 25.3 Å². The van der Waals surface area contributed by atoms with Crippen LogP contribution >= 0.6 is 0 Å². The molecule has 4 aliphatic heterocycles. The monoisotopic (exact) mass is 747 g/mol. The molecule has 1 fully saturated rings. The first-order valence-electron chi connectivity index (χ1n) is 18.4. The normalized spacial score (nSPS) is 23.4. The lowest BCUT2D eigenvalue weighted by Crippen LogP contribution is -2.66. The van der Waals surface area contributed by atoms with Crippen molar-refractivity contribution in [2.75, 3.05) is 48.0 Å². The molecule has 4 aliphatic rings. The van der Waals surface area contributed by atoms with E-state index in [4.69, 9.17) is 33.2 Å². The highest BCUT2D eigenvalue weighted by molar-refractivity contribution is 5.85. The predicted octanol–water partition coefficient (Wildman–Crippen LogP) is 4.78. The third-order valence-corrected chi connectivity index (χ3v) is 10.8. The van der Waals surface area contributed by atoms with Gasteiger partial charge in [0.1, 0.15) is 30.0 Å². The van der Waals surface area contributed by atoms with Gasteiger partial charge in [0.2, 0.25) is 12.7 Å². The number of fused-ring (bicyclic) bond motifs is 9. The summed E-state index contributed by atoms with van der Waals surface area (Å²) >= 11 is 0. The maximum absolute atomic E-state index is 13.7. The van der Waals surface area contributed by atoms with Crippen LogP contribution in [-0.2, 0) is 27.1 Å². The number of amides is 2. The van der Waals surface area contributed by atoms with Crippen LogP contribution < -0.4 is 34.3 Å². The molecule has 0 aromatic heterocycles. The molecule has 2 amide bonds. The predicted molar refractivity (Wildman–Crippen MR) is 199 cm³/mol. The van der Waals surface area contributed by atoms with Gasteiger partial charge in [-0.05, 0) is 79.0 Å². The Kier molecular flexibility index (Phi) is 11.2. The van der Waals surface area contributed by atoms with Crippen LogP contribution in [-0.4, -0.2) is 99.6 Å². The number of nitriles is 1. The van der Waals surface area contributed by atoms with E-state index >= 15 is 0 Å². The van der Waals surface area contributed by atoms with Crippen molar-refractivity contribution in [2.24, 2.45) is 0 Å². The lowest BCUT2D eigenvalue weighted by molar-refractivity contribution is -0.123. The van der Waals surface area contributed by atoms with E-state index in [2.05, 4.69) is 46.2 Å². The summed E-state index contributed by atoms with van der Waals surface area (Å²) in [6.07, 6.45) is 2.91. The van der Waals surface area contributed by atoms with Gasteiger partial charge in [-0.25, -0.2) is 4.79 Å². The number of ether oxygens (including phenoxy) is 7. The lowest BCUT2D eigenvalue weighted by atomic mass is 9.76. The van der Waals surface area contributed by atoms with Gasteiger partial charge >= 0.3 is 6.09 Å². The summed E-state index contributed by atoms with van der Waals surface area (Å²) < 4.78 is 41.8. The van der Waals surface area contributed by atoms with Crippen LogP contribution in [0.4, 0.5) is 4.79 Å². The van der Waals surface area contributed by atoms with Gasteiger partial charge in [-0.2, -0.15) is 5.26 Å². The standard InChI is InChI=1S/C40H53N5O9/c1-11-14-50-34-22(3)35-37(53-20-52-35)31-25(34)16-27-32-30-24(15-21(2)33(49-10)36(30)51-19-48-9)12-13-26(44(32)8)28(17-41)45(27)29(31)18-42-38(46)23(4)43-39(47)54-40(5,6)7/h11,15,23,26-29,32H,1,12-14,16,18-20H2,2-10H3,(H,42,46)(H,43,47)/t23-,26-,27?,28-,29-,32-/m0/s1. The van der Waals surface area contributed by atoms with Crippen LogP contribution in [0, 0.1) is 25.2 Å². The molecule has 0 spiro atoms. The fraction of sp³-hybridized carbons (Fsp3) is 0.575. The molecule has 292 valence electrons. The highest BCUT2D eigenvalue weighted by atomic mass is 16.7. The Hall–Kier alpha value is -4.71. The van der Waals surface area contributed by atoms with Gasteiger partial charge in [-0.3, -0.25) is 14.6 Å². The summed E-state index contributed by atoms with van der Waals surface area (Å²) in [5.74, 6) is 2.65. The van der Waals surface area contributed by atoms with Crippen molar-refractivity contribution in [3.8, 4) is 34.8 Å². The van der Waals surface area contributed by atoms with E-state index in [0.717, 1.165) is 39.8 Å². The molecule has 1 saturated heterocycles. The number of nitrogens with zero attached hydrogens (tertiary/aromatic N) is 3. The number of aryl methyl sites for hydroxylation is 2. The van der Waals surface area contributed by atoms with Crippen molar-refractivity contribution >= 4 is 12.0 Å². The van der Waals surface area contributed by atoms with Crippen LogP contribution in [0.15, 0.2) is 18.7 Å². The molecule has 4 heterocycles. The van der Waals surface area contributed by atoms with E-state index in [9.17, 15) is 14.9 Å². The van der Waals surface area contributed by atoms with E-state index in [0.29, 0.717) is 41.6 Å². The number of nitrogens with one attached hydrogen (secondary N) is 2. The number of hydrogen-bond acceptors (Lipinski definition) is 12. The van der Waals surface area contributed by atoms with Gasteiger partial charge in [-0.15, -0.1) is 0 Å². The first-order valence-corrected chi connectivity index (χ1v) is 18.4. The highest BCUT2D eigenvalue weighted by Crippen LogP contribution is 2.58. The first kappa shape index (κ1) is 39.0. The third-order valence-electron chi connectivity index (χ3n) is 10.8. The molecule has 2 N–H and O–H groups in total. The van der Waals surface area contributed by atoms with Gasteiger partial charge in [-0.1, -0.05) is 18.7 Å². The summed E-state index contributed by atoms with van der Waals surface area (Å²) in [6, 6.07) is 2.07. The van der Waals surface area contributed by atoms with Crippen LogP contribution in [0.3, 0.4) is 0 Å². The van der Waals surface area contributed by atoms with Crippen molar-refractivity contribution in [2.45, 2.75) is 103 Å². The number of piperazine rings is 1. The zero-order valence-electron chi connectivity index (χ0n) is 32.8. The Balaban J connectivity index is 1.52. The molecule has 2 aromatic rings. The molecule has 1 unspecified atom stereocenters. The molecule has 6 atom stereocenters. The van der Waals surface area contributed by atoms with Crippen molar-refractivity contribution in [1.82, 2.24) is 20.4 Å². The SMILES string of the molecule is C=CCOc1c(C)c2c(c3c1CC1[C@H]4c5c(cc(C)c(OC)c5OCOC)CC[C@@H]([C@H](C#N)N1[C@H]3CNC(=O)[C@H](C)NC(=O)OC(C)(C)C)N4C)OCO2. The third kappa shape index (κ3) is 7.00. The number of carbonyl (C=O) groups is 2. The Labute approximate surface area is 317 Å². The Bertz CT molecular complexity index is 1840. The summed E-state index contributed by atoms with van der Waals surface area (Å²) in [6.45, 7) is 15.1. The number of hydrogen-bond donors (Lipinski definition) is 2. The highest BCUT2D eigenvalue weighted by Gasteiger charge is 2.56. The Morgan fingerprint density at radius 3 is 2.52 bits per heavy atom. The Morgan fingerprint density at radius 2 is 1.85 bits per heavy atom. The van der Waals surface area contributed by atoms with E-state index in [1.165, 1.54) is 0 Å². The molecule has 14 heteroatoms. The first-order chi connectivity index (χ1) is 25.8. The number of likely N-dealkylation sites (N-methyl/N-ethyl adjacent to an activating group) is 1. The van der Waals surface area contributed by atoms with Gasteiger partial charge in [0.25, 0.3) is 0 Å². The minimum atomic E-state index is -0.904. The summed E-state index contributed by atoms with van der Waals surface area (Å²) in [5.41, 5.74) is 4.84. The van der Waals surface area contributed by atoms with Gasteiger partial charge in [0.15, 0.2) is 29.8 Å². The summed E-state index contributed by atoms with van der Waals surface area (Å²) in [7, 11) is 5.30. The quantitative estimate of drug-likeness (QED) is 0.240. The van der Waals surface area contributed by atoms with Crippen LogP contribution in [0.25, 0.3) is 0 Å². The molecule has 2 bridgehead atoms. The minimum absolute atomic E-state index is 0.0231. The Morgan fingerprint density at radius 1 is 1.11 bits per heavy atom. The molecular weight excluding hydrogens is 694 g/mol. The number of alkyl carbamates (subject to hydrolysis) is 1. The number of carbonyl (C=O) groups excluding carboxylic acids is 2. The molecule has 6 rings (SSSR count). The number of benzene rings is 2. The molecule has 0 saturated carbocycles. The number of methoxy groups -OCH3 is 2. The maximum Gasteiger partial charge on any atom is 0.408 e.